The zero-order chi connectivity index (χ0) is 19.7. The van der Waals surface area contributed by atoms with E-state index in [4.69, 9.17) is 4.42 Å². The molecular formula is C19H19N5O3S. The monoisotopic (exact) mass is 397 g/mol. The Balaban J connectivity index is 1.44. The number of rotatable bonds is 4. The number of thiazole rings is 1. The molecule has 0 aliphatic carbocycles. The Morgan fingerprint density at radius 1 is 1.32 bits per heavy atom. The summed E-state index contributed by atoms with van der Waals surface area (Å²) in [6, 6.07) is 8.98. The molecule has 1 aliphatic rings. The van der Waals surface area contributed by atoms with Gasteiger partial charge in [-0.25, -0.2) is 4.98 Å². The van der Waals surface area contributed by atoms with E-state index in [0.717, 1.165) is 15.4 Å². The number of fused-ring (bicyclic) bond motifs is 1. The molecule has 2 amide bonds. The predicted molar refractivity (Wildman–Crippen MR) is 103 cm³/mol. The number of hydrogen-bond acceptors (Lipinski definition) is 7. The molecule has 3 aromatic rings. The van der Waals surface area contributed by atoms with E-state index < -0.39 is 11.9 Å². The van der Waals surface area contributed by atoms with Crippen molar-refractivity contribution in [1.82, 2.24) is 20.5 Å². The van der Waals surface area contributed by atoms with Crippen LogP contribution in [-0.4, -0.2) is 40.1 Å². The lowest BCUT2D eigenvalue weighted by atomic mass is 10.1. The van der Waals surface area contributed by atoms with E-state index >= 15 is 0 Å². The number of benzene rings is 1. The SMILES string of the molecule is Cc1nc2c(s1)CC[C@@H](NC(=O)c1nnc(Cc3ccccc3)o1)C(=O)N2C. The third kappa shape index (κ3) is 3.65. The number of anilines is 1. The normalized spacial score (nSPS) is 16.6. The number of likely N-dealkylation sites (N-methyl/N-ethyl adjacent to an activating group) is 1. The number of aryl methyl sites for hydroxylation is 2. The Morgan fingerprint density at radius 2 is 2.11 bits per heavy atom. The minimum atomic E-state index is -0.663. The van der Waals surface area contributed by atoms with Gasteiger partial charge in [-0.2, -0.15) is 0 Å². The topological polar surface area (TPSA) is 101 Å². The van der Waals surface area contributed by atoms with Crippen LogP contribution in [-0.2, 0) is 17.6 Å². The first kappa shape index (κ1) is 18.3. The maximum Gasteiger partial charge on any atom is 0.309 e. The van der Waals surface area contributed by atoms with Gasteiger partial charge in [0.05, 0.1) is 11.4 Å². The molecule has 144 valence electrons. The summed E-state index contributed by atoms with van der Waals surface area (Å²) in [5, 5.41) is 11.4. The summed E-state index contributed by atoms with van der Waals surface area (Å²) in [5.74, 6) is 0.124. The van der Waals surface area contributed by atoms with E-state index in [-0.39, 0.29) is 11.8 Å². The second kappa shape index (κ2) is 7.51. The fourth-order valence-corrected chi connectivity index (χ4v) is 4.14. The summed E-state index contributed by atoms with van der Waals surface area (Å²) in [4.78, 5) is 32.2. The van der Waals surface area contributed by atoms with E-state index in [1.807, 2.05) is 37.3 Å². The zero-order valence-electron chi connectivity index (χ0n) is 15.5. The van der Waals surface area contributed by atoms with Crippen molar-refractivity contribution in [1.29, 1.82) is 0 Å². The van der Waals surface area contributed by atoms with E-state index in [1.165, 1.54) is 4.90 Å². The van der Waals surface area contributed by atoms with Gasteiger partial charge in [0.2, 0.25) is 5.89 Å². The molecule has 2 aromatic heterocycles. The summed E-state index contributed by atoms with van der Waals surface area (Å²) in [6.45, 7) is 1.92. The Kier molecular flexibility index (Phi) is 4.91. The van der Waals surface area contributed by atoms with E-state index in [0.29, 0.717) is 31.0 Å². The summed E-state index contributed by atoms with van der Waals surface area (Å²) < 4.78 is 5.48. The minimum Gasteiger partial charge on any atom is -0.417 e. The quantitative estimate of drug-likeness (QED) is 0.724. The van der Waals surface area contributed by atoms with Crippen molar-refractivity contribution in [2.24, 2.45) is 0 Å². The standard InChI is InChI=1S/C19H19N5O3S/c1-11-20-16-14(28-11)9-8-13(19(26)24(16)2)21-17(25)18-23-22-15(27-18)10-12-6-4-3-5-7-12/h3-7,13H,8-10H2,1-2H3,(H,21,25)/t13-/m1/s1. The third-order valence-corrected chi connectivity index (χ3v) is 5.57. The van der Waals surface area contributed by atoms with Crippen molar-refractivity contribution in [3.8, 4) is 0 Å². The van der Waals surface area contributed by atoms with E-state index in [1.54, 1.807) is 18.4 Å². The average Bonchev–Trinajstić information content (AvgIpc) is 3.28. The van der Waals surface area contributed by atoms with Crippen LogP contribution in [0, 0.1) is 6.92 Å². The van der Waals surface area contributed by atoms with Gasteiger partial charge >= 0.3 is 11.8 Å². The molecule has 0 bridgehead atoms. The van der Waals surface area contributed by atoms with Crippen molar-refractivity contribution >= 4 is 29.0 Å². The number of nitrogens with one attached hydrogen (secondary N) is 1. The molecule has 0 saturated carbocycles. The molecule has 0 unspecified atom stereocenters. The lowest BCUT2D eigenvalue weighted by molar-refractivity contribution is -0.120. The van der Waals surface area contributed by atoms with Crippen molar-refractivity contribution < 1.29 is 14.0 Å². The molecule has 1 aromatic carbocycles. The van der Waals surface area contributed by atoms with Crippen LogP contribution in [0.15, 0.2) is 34.7 Å². The molecule has 0 fully saturated rings. The highest BCUT2D eigenvalue weighted by molar-refractivity contribution is 7.12. The number of hydrogen-bond donors (Lipinski definition) is 1. The van der Waals surface area contributed by atoms with Crippen LogP contribution in [0.25, 0.3) is 0 Å². The predicted octanol–water partition coefficient (Wildman–Crippen LogP) is 2.13. The molecular weight excluding hydrogens is 378 g/mol. The van der Waals surface area contributed by atoms with Gasteiger partial charge < -0.3 is 9.73 Å². The Hall–Kier alpha value is -3.07. The lowest BCUT2D eigenvalue weighted by Crippen LogP contribution is -2.47. The molecule has 3 heterocycles. The second-order valence-corrected chi connectivity index (χ2v) is 7.89. The highest BCUT2D eigenvalue weighted by atomic mass is 32.1. The first-order valence-corrected chi connectivity index (χ1v) is 9.74. The van der Waals surface area contributed by atoms with E-state index in [9.17, 15) is 9.59 Å². The molecule has 9 heteroatoms. The Morgan fingerprint density at radius 3 is 2.89 bits per heavy atom. The first-order chi connectivity index (χ1) is 13.5. The van der Waals surface area contributed by atoms with E-state index in [2.05, 4.69) is 20.5 Å². The van der Waals surface area contributed by atoms with Crippen molar-refractivity contribution in [2.45, 2.75) is 32.2 Å². The van der Waals surface area contributed by atoms with Gasteiger partial charge in [-0.05, 0) is 25.3 Å². The highest BCUT2D eigenvalue weighted by Crippen LogP contribution is 2.30. The number of amides is 2. The van der Waals surface area contributed by atoms with Crippen LogP contribution in [0.5, 0.6) is 0 Å². The third-order valence-electron chi connectivity index (χ3n) is 4.55. The molecule has 1 N–H and O–H groups in total. The molecule has 8 nitrogen and oxygen atoms in total. The molecule has 0 saturated heterocycles. The smallest absolute Gasteiger partial charge is 0.309 e. The number of carbonyl (C=O) groups excluding carboxylic acids is 2. The Bertz CT molecular complexity index is 1010. The summed E-state index contributed by atoms with van der Waals surface area (Å²) in [7, 11) is 1.68. The van der Waals surface area contributed by atoms with Crippen LogP contribution < -0.4 is 10.2 Å². The fraction of sp³-hybridized carbons (Fsp3) is 0.316. The summed E-state index contributed by atoms with van der Waals surface area (Å²) in [5.41, 5.74) is 1.01. The van der Waals surface area contributed by atoms with Crippen LogP contribution in [0.1, 0.15) is 38.4 Å². The molecule has 28 heavy (non-hydrogen) atoms. The Labute approximate surface area is 165 Å². The average molecular weight is 397 g/mol. The summed E-state index contributed by atoms with van der Waals surface area (Å²) >= 11 is 1.57. The maximum absolute atomic E-state index is 12.7. The largest absolute Gasteiger partial charge is 0.417 e. The first-order valence-electron chi connectivity index (χ1n) is 8.92. The number of carbonyl (C=O) groups is 2. The van der Waals surface area contributed by atoms with Crippen LogP contribution >= 0.6 is 11.3 Å². The molecule has 4 rings (SSSR count). The minimum absolute atomic E-state index is 0.144. The summed E-state index contributed by atoms with van der Waals surface area (Å²) in [6.07, 6.45) is 1.61. The highest BCUT2D eigenvalue weighted by Gasteiger charge is 2.32. The number of nitrogens with zero attached hydrogens (tertiary/aromatic N) is 4. The number of aromatic nitrogens is 3. The van der Waals surface area contributed by atoms with Gasteiger partial charge in [0.15, 0.2) is 0 Å². The zero-order valence-corrected chi connectivity index (χ0v) is 16.3. The van der Waals surface area contributed by atoms with Gasteiger partial charge in [0.25, 0.3) is 5.91 Å². The van der Waals surface area contributed by atoms with Crippen molar-refractivity contribution in [3.63, 3.8) is 0 Å². The van der Waals surface area contributed by atoms with Gasteiger partial charge in [0, 0.05) is 11.9 Å². The van der Waals surface area contributed by atoms with Gasteiger partial charge in [0.1, 0.15) is 11.9 Å². The maximum atomic E-state index is 12.7. The van der Waals surface area contributed by atoms with Crippen LogP contribution in [0.3, 0.4) is 0 Å². The van der Waals surface area contributed by atoms with Gasteiger partial charge in [-0.1, -0.05) is 30.3 Å². The van der Waals surface area contributed by atoms with Gasteiger partial charge in [-0.15, -0.1) is 21.5 Å². The molecule has 1 atom stereocenters. The molecule has 0 radical (unpaired) electrons. The molecule has 0 spiro atoms. The van der Waals surface area contributed by atoms with Crippen LogP contribution in [0.2, 0.25) is 0 Å². The van der Waals surface area contributed by atoms with Crippen LogP contribution in [0.4, 0.5) is 5.82 Å². The fourth-order valence-electron chi connectivity index (χ4n) is 3.16. The molecule has 1 aliphatic heterocycles. The van der Waals surface area contributed by atoms with Crippen molar-refractivity contribution in [3.05, 3.63) is 57.6 Å². The van der Waals surface area contributed by atoms with Gasteiger partial charge in [-0.3, -0.25) is 14.5 Å². The van der Waals surface area contributed by atoms with Crippen molar-refractivity contribution in [2.75, 3.05) is 11.9 Å². The lowest BCUT2D eigenvalue weighted by Gasteiger charge is -2.19. The second-order valence-electron chi connectivity index (χ2n) is 6.60.